The smallest absolute Gasteiger partial charge is 0.244 e. The maximum absolute atomic E-state index is 12.8. The summed E-state index contributed by atoms with van der Waals surface area (Å²) in [5.74, 6) is 0.418. The van der Waals surface area contributed by atoms with E-state index >= 15 is 0 Å². The molecule has 1 N–H and O–H groups in total. The lowest BCUT2D eigenvalue weighted by Crippen LogP contribution is -2.33. The van der Waals surface area contributed by atoms with Crippen molar-refractivity contribution in [1.29, 1.82) is 0 Å². The molecular formula is C15H25N3O2S. The predicted octanol–water partition coefficient (Wildman–Crippen LogP) is 1.69. The average Bonchev–Trinajstić information content (AvgIpc) is 2.85. The molecule has 0 amide bonds. The lowest BCUT2D eigenvalue weighted by molar-refractivity contribution is 0.357. The van der Waals surface area contributed by atoms with Gasteiger partial charge in [0.25, 0.3) is 0 Å². The van der Waals surface area contributed by atoms with Gasteiger partial charge >= 0.3 is 0 Å². The zero-order valence-corrected chi connectivity index (χ0v) is 13.9. The Balaban J connectivity index is 2.17. The summed E-state index contributed by atoms with van der Waals surface area (Å²) in [4.78, 5) is 2.61. The zero-order chi connectivity index (χ0) is 15.5. The van der Waals surface area contributed by atoms with Gasteiger partial charge in [-0.2, -0.15) is 0 Å². The summed E-state index contributed by atoms with van der Waals surface area (Å²) in [6.07, 6.45) is 1.06. The van der Waals surface area contributed by atoms with E-state index in [0.29, 0.717) is 29.6 Å². The second-order valence-corrected chi connectivity index (χ2v) is 7.74. The van der Waals surface area contributed by atoms with E-state index < -0.39 is 10.0 Å². The van der Waals surface area contributed by atoms with Crippen molar-refractivity contribution in [1.82, 2.24) is 9.21 Å². The Hall–Kier alpha value is -1.11. The molecule has 0 aliphatic carbocycles. The third kappa shape index (κ3) is 3.75. The van der Waals surface area contributed by atoms with Gasteiger partial charge in [-0.1, -0.05) is 12.1 Å². The highest BCUT2D eigenvalue weighted by Gasteiger charge is 2.28. The molecule has 2 rings (SSSR count). The molecule has 1 fully saturated rings. The molecule has 1 atom stereocenters. The molecule has 1 aromatic rings. The topological polar surface area (TPSA) is 52.7 Å². The number of anilines is 1. The maximum atomic E-state index is 12.8. The van der Waals surface area contributed by atoms with Crippen LogP contribution in [0.4, 0.5) is 5.69 Å². The summed E-state index contributed by atoms with van der Waals surface area (Å²) < 4.78 is 27.0. The number of sulfonamides is 1. The number of para-hydroxylation sites is 1. The number of nitrogens with zero attached hydrogens (tertiary/aromatic N) is 2. The van der Waals surface area contributed by atoms with Crippen LogP contribution in [-0.2, 0) is 10.0 Å². The number of rotatable bonds is 6. The van der Waals surface area contributed by atoms with Gasteiger partial charge in [0.2, 0.25) is 10.0 Å². The van der Waals surface area contributed by atoms with Gasteiger partial charge in [-0.05, 0) is 45.0 Å². The van der Waals surface area contributed by atoms with Gasteiger partial charge in [-0.3, -0.25) is 0 Å². The van der Waals surface area contributed by atoms with Crippen molar-refractivity contribution in [2.75, 3.05) is 45.6 Å². The number of hydrogen-bond acceptors (Lipinski definition) is 4. The van der Waals surface area contributed by atoms with Crippen LogP contribution >= 0.6 is 0 Å². The summed E-state index contributed by atoms with van der Waals surface area (Å²) in [7, 11) is 0.311. The van der Waals surface area contributed by atoms with E-state index in [4.69, 9.17) is 0 Å². The molecule has 1 saturated heterocycles. The molecule has 0 saturated carbocycles. The molecule has 0 aromatic heterocycles. The first-order valence-corrected chi connectivity index (χ1v) is 8.87. The largest absolute Gasteiger partial charge is 0.384 e. The Morgan fingerprint density at radius 2 is 2.10 bits per heavy atom. The molecule has 1 aromatic carbocycles. The molecule has 5 nitrogen and oxygen atoms in total. The van der Waals surface area contributed by atoms with E-state index in [9.17, 15) is 8.42 Å². The lowest BCUT2D eigenvalue weighted by Gasteiger charge is -2.22. The van der Waals surface area contributed by atoms with Crippen molar-refractivity contribution < 1.29 is 8.42 Å². The zero-order valence-electron chi connectivity index (χ0n) is 13.0. The van der Waals surface area contributed by atoms with Gasteiger partial charge in [-0.15, -0.1) is 0 Å². The Morgan fingerprint density at radius 3 is 2.71 bits per heavy atom. The summed E-state index contributed by atoms with van der Waals surface area (Å²) >= 11 is 0. The monoisotopic (exact) mass is 311 g/mol. The van der Waals surface area contributed by atoms with Crippen LogP contribution in [0.1, 0.15) is 13.3 Å². The Bertz CT molecular complexity index is 574. The molecule has 1 aliphatic rings. The van der Waals surface area contributed by atoms with E-state index in [-0.39, 0.29) is 0 Å². The predicted molar refractivity (Wildman–Crippen MR) is 86.0 cm³/mol. The van der Waals surface area contributed by atoms with Crippen LogP contribution in [0.5, 0.6) is 0 Å². The van der Waals surface area contributed by atoms with Crippen molar-refractivity contribution >= 4 is 15.7 Å². The van der Waals surface area contributed by atoms with Gasteiger partial charge in [0.1, 0.15) is 4.90 Å². The highest BCUT2D eigenvalue weighted by molar-refractivity contribution is 7.89. The normalized spacial score (nSPS) is 20.1. The molecule has 1 aliphatic heterocycles. The van der Waals surface area contributed by atoms with Crippen LogP contribution in [0.25, 0.3) is 0 Å². The van der Waals surface area contributed by atoms with Gasteiger partial charge in [0, 0.05) is 26.7 Å². The highest BCUT2D eigenvalue weighted by atomic mass is 32.2. The van der Waals surface area contributed by atoms with Crippen molar-refractivity contribution in [3.63, 3.8) is 0 Å². The fraction of sp³-hybridized carbons (Fsp3) is 0.600. The van der Waals surface area contributed by atoms with Crippen molar-refractivity contribution in [2.24, 2.45) is 5.92 Å². The van der Waals surface area contributed by atoms with Crippen LogP contribution in [0, 0.1) is 5.92 Å². The Kier molecular flexibility index (Phi) is 5.24. The minimum Gasteiger partial charge on any atom is -0.384 e. The summed E-state index contributed by atoms with van der Waals surface area (Å²) in [5, 5.41) is 3.12. The molecule has 1 heterocycles. The third-order valence-electron chi connectivity index (χ3n) is 3.95. The van der Waals surface area contributed by atoms with Crippen LogP contribution in [0.15, 0.2) is 29.2 Å². The summed E-state index contributed by atoms with van der Waals surface area (Å²) in [6, 6.07) is 7.10. The van der Waals surface area contributed by atoms with E-state index in [2.05, 4.69) is 17.3 Å². The average molecular weight is 311 g/mol. The van der Waals surface area contributed by atoms with Gasteiger partial charge in [0.05, 0.1) is 5.69 Å². The summed E-state index contributed by atoms with van der Waals surface area (Å²) in [5.41, 5.74) is 0.676. The van der Waals surface area contributed by atoms with Crippen LogP contribution in [0.2, 0.25) is 0 Å². The number of benzene rings is 1. The lowest BCUT2D eigenvalue weighted by atomic mass is 10.1. The first kappa shape index (κ1) is 16.3. The standard InChI is InChI=1S/C15H25N3O2S/c1-4-16-14-7-5-6-8-15(14)21(19,20)18(3)12-13-9-10-17(2)11-13/h5-8,13,16H,4,9-12H2,1-3H3. The fourth-order valence-electron chi connectivity index (χ4n) is 2.83. The minimum absolute atomic E-state index is 0.362. The molecule has 0 bridgehead atoms. The van der Waals surface area contributed by atoms with Crippen molar-refractivity contribution in [3.05, 3.63) is 24.3 Å². The molecular weight excluding hydrogens is 286 g/mol. The first-order chi connectivity index (χ1) is 9.95. The van der Waals surface area contributed by atoms with E-state index in [0.717, 1.165) is 19.5 Å². The van der Waals surface area contributed by atoms with E-state index in [1.54, 1.807) is 19.2 Å². The quantitative estimate of drug-likeness (QED) is 0.869. The van der Waals surface area contributed by atoms with Crippen molar-refractivity contribution in [2.45, 2.75) is 18.2 Å². The molecule has 0 radical (unpaired) electrons. The SMILES string of the molecule is CCNc1ccccc1S(=O)(=O)N(C)CC1CCN(C)C1. The van der Waals surface area contributed by atoms with Gasteiger partial charge in [-0.25, -0.2) is 12.7 Å². The molecule has 118 valence electrons. The highest BCUT2D eigenvalue weighted by Crippen LogP contribution is 2.25. The Labute approximate surface area is 128 Å². The molecule has 21 heavy (non-hydrogen) atoms. The van der Waals surface area contributed by atoms with Gasteiger partial charge < -0.3 is 10.2 Å². The van der Waals surface area contributed by atoms with Gasteiger partial charge in [0.15, 0.2) is 0 Å². The maximum Gasteiger partial charge on any atom is 0.244 e. The molecule has 6 heteroatoms. The number of likely N-dealkylation sites (tertiary alicyclic amines) is 1. The van der Waals surface area contributed by atoms with E-state index in [1.807, 2.05) is 19.1 Å². The van der Waals surface area contributed by atoms with E-state index in [1.165, 1.54) is 4.31 Å². The Morgan fingerprint density at radius 1 is 1.38 bits per heavy atom. The van der Waals surface area contributed by atoms with Crippen LogP contribution in [-0.4, -0.2) is 57.9 Å². The van der Waals surface area contributed by atoms with Crippen molar-refractivity contribution in [3.8, 4) is 0 Å². The molecule has 0 spiro atoms. The second kappa shape index (κ2) is 6.77. The number of nitrogens with one attached hydrogen (secondary N) is 1. The summed E-state index contributed by atoms with van der Waals surface area (Å²) in [6.45, 7) is 5.25. The fourth-order valence-corrected chi connectivity index (χ4v) is 4.24. The first-order valence-electron chi connectivity index (χ1n) is 7.43. The minimum atomic E-state index is -3.44. The third-order valence-corrected chi connectivity index (χ3v) is 5.83. The van der Waals surface area contributed by atoms with Crippen LogP contribution in [0.3, 0.4) is 0 Å². The molecule has 1 unspecified atom stereocenters. The van der Waals surface area contributed by atoms with Crippen LogP contribution < -0.4 is 5.32 Å². The number of hydrogen-bond donors (Lipinski definition) is 1. The second-order valence-electron chi connectivity index (χ2n) is 5.73.